The van der Waals surface area contributed by atoms with Crippen molar-refractivity contribution in [1.82, 2.24) is 9.62 Å². The fourth-order valence-electron chi connectivity index (χ4n) is 3.63. The standard InChI is InChI=1S/C21H18ClN3O3S2/c1-13-17-10-16(22)5-6-19(17)29-21(13)30(27,28)24-18-7-8-25(20(18)26)12-15-4-2-3-14(9-15)11-23/h2-6,9-10,18,24H,7-8,12H2,1H3/t18-/m0/s1. The van der Waals surface area contributed by atoms with Crippen LogP contribution < -0.4 is 4.72 Å². The average Bonchev–Trinajstić information content (AvgIpc) is 3.23. The van der Waals surface area contributed by atoms with Crippen LogP contribution in [0.2, 0.25) is 5.02 Å². The Bertz CT molecular complexity index is 1290. The first-order chi connectivity index (χ1) is 14.3. The number of fused-ring (bicyclic) bond motifs is 1. The van der Waals surface area contributed by atoms with Gasteiger partial charge in [-0.25, -0.2) is 8.42 Å². The second-order valence-electron chi connectivity index (χ2n) is 7.19. The topological polar surface area (TPSA) is 90.3 Å². The van der Waals surface area contributed by atoms with Gasteiger partial charge in [0.15, 0.2) is 0 Å². The molecule has 1 N–H and O–H groups in total. The Labute approximate surface area is 183 Å². The Morgan fingerprint density at radius 1 is 1.30 bits per heavy atom. The van der Waals surface area contributed by atoms with Crippen LogP contribution in [0.5, 0.6) is 0 Å². The number of carbonyl (C=O) groups is 1. The Balaban J connectivity index is 1.52. The van der Waals surface area contributed by atoms with Crippen LogP contribution >= 0.6 is 22.9 Å². The molecule has 1 aliphatic heterocycles. The number of nitrogens with one attached hydrogen (secondary N) is 1. The molecule has 6 nitrogen and oxygen atoms in total. The lowest BCUT2D eigenvalue weighted by molar-refractivity contribution is -0.129. The summed E-state index contributed by atoms with van der Waals surface area (Å²) in [5.41, 5.74) is 1.99. The minimum absolute atomic E-state index is 0.202. The first kappa shape index (κ1) is 20.8. The van der Waals surface area contributed by atoms with E-state index in [9.17, 15) is 13.2 Å². The minimum Gasteiger partial charge on any atom is -0.337 e. The lowest BCUT2D eigenvalue weighted by Gasteiger charge is -2.17. The van der Waals surface area contributed by atoms with Crippen molar-refractivity contribution in [3.8, 4) is 6.07 Å². The third-order valence-electron chi connectivity index (χ3n) is 5.12. The molecule has 1 aliphatic rings. The summed E-state index contributed by atoms with van der Waals surface area (Å²) >= 11 is 7.21. The number of likely N-dealkylation sites (tertiary alicyclic amines) is 1. The molecule has 1 atom stereocenters. The Morgan fingerprint density at radius 2 is 2.10 bits per heavy atom. The van der Waals surface area contributed by atoms with E-state index in [0.29, 0.717) is 35.7 Å². The van der Waals surface area contributed by atoms with Gasteiger partial charge in [-0.1, -0.05) is 23.7 Å². The number of aryl methyl sites for hydroxylation is 1. The highest BCUT2D eigenvalue weighted by Gasteiger charge is 2.36. The summed E-state index contributed by atoms with van der Waals surface area (Å²) in [5.74, 6) is -0.261. The van der Waals surface area contributed by atoms with Crippen molar-refractivity contribution in [1.29, 1.82) is 5.26 Å². The minimum atomic E-state index is -3.85. The molecule has 154 valence electrons. The van der Waals surface area contributed by atoms with Gasteiger partial charge in [0.2, 0.25) is 5.91 Å². The van der Waals surface area contributed by atoms with Gasteiger partial charge >= 0.3 is 0 Å². The molecule has 0 unspecified atom stereocenters. The maximum Gasteiger partial charge on any atom is 0.251 e. The number of nitriles is 1. The summed E-state index contributed by atoms with van der Waals surface area (Å²) in [6, 6.07) is 13.6. The van der Waals surface area contributed by atoms with Crippen LogP contribution in [0.1, 0.15) is 23.1 Å². The molecule has 1 amide bonds. The molecule has 9 heteroatoms. The summed E-state index contributed by atoms with van der Waals surface area (Å²) in [7, 11) is -3.85. The van der Waals surface area contributed by atoms with E-state index in [1.54, 1.807) is 48.2 Å². The van der Waals surface area contributed by atoms with Crippen LogP contribution in [-0.4, -0.2) is 31.8 Å². The normalized spacial score (nSPS) is 16.9. The zero-order valence-corrected chi connectivity index (χ0v) is 18.4. The first-order valence-corrected chi connectivity index (χ1v) is 11.9. The quantitative estimate of drug-likeness (QED) is 0.628. The van der Waals surface area contributed by atoms with E-state index >= 15 is 0 Å². The van der Waals surface area contributed by atoms with Crippen LogP contribution in [0.15, 0.2) is 46.7 Å². The average molecular weight is 460 g/mol. The van der Waals surface area contributed by atoms with Crippen LogP contribution in [0, 0.1) is 18.3 Å². The van der Waals surface area contributed by atoms with Crippen molar-refractivity contribution in [3.63, 3.8) is 0 Å². The predicted octanol–water partition coefficient (Wildman–Crippen LogP) is 3.81. The van der Waals surface area contributed by atoms with Crippen molar-refractivity contribution in [2.45, 2.75) is 30.1 Å². The maximum absolute atomic E-state index is 13.0. The van der Waals surface area contributed by atoms with E-state index < -0.39 is 16.1 Å². The predicted molar refractivity (Wildman–Crippen MR) is 117 cm³/mol. The van der Waals surface area contributed by atoms with Crippen LogP contribution in [0.3, 0.4) is 0 Å². The molecule has 0 bridgehead atoms. The number of hydrogen-bond acceptors (Lipinski definition) is 5. The van der Waals surface area contributed by atoms with Crippen molar-refractivity contribution in [3.05, 3.63) is 64.2 Å². The number of rotatable bonds is 5. The lowest BCUT2D eigenvalue weighted by atomic mass is 10.1. The second-order valence-corrected chi connectivity index (χ2v) is 10.6. The highest BCUT2D eigenvalue weighted by molar-refractivity contribution is 7.91. The van der Waals surface area contributed by atoms with Crippen molar-refractivity contribution in [2.75, 3.05) is 6.54 Å². The largest absolute Gasteiger partial charge is 0.337 e. The van der Waals surface area contributed by atoms with Gasteiger partial charge in [-0.05, 0) is 60.2 Å². The monoisotopic (exact) mass is 459 g/mol. The number of sulfonamides is 1. The fraction of sp³-hybridized carbons (Fsp3) is 0.238. The number of amides is 1. The molecular weight excluding hydrogens is 442 g/mol. The van der Waals surface area contributed by atoms with Gasteiger partial charge in [-0.3, -0.25) is 4.79 Å². The number of thiophene rings is 1. The van der Waals surface area contributed by atoms with Crippen LogP contribution in [0.4, 0.5) is 0 Å². The van der Waals surface area contributed by atoms with Gasteiger partial charge in [0, 0.05) is 22.8 Å². The van der Waals surface area contributed by atoms with E-state index in [2.05, 4.69) is 10.8 Å². The summed E-state index contributed by atoms with van der Waals surface area (Å²) in [6.45, 7) is 2.53. The molecule has 3 aromatic rings. The molecule has 1 aromatic heterocycles. The van der Waals surface area contributed by atoms with Crippen molar-refractivity contribution in [2.24, 2.45) is 0 Å². The van der Waals surface area contributed by atoms with Crippen molar-refractivity contribution >= 4 is 49.0 Å². The fourth-order valence-corrected chi connectivity index (χ4v) is 6.79. The molecule has 0 spiro atoms. The van der Waals surface area contributed by atoms with Gasteiger partial charge < -0.3 is 4.90 Å². The van der Waals surface area contributed by atoms with Gasteiger partial charge in [-0.15, -0.1) is 11.3 Å². The zero-order valence-electron chi connectivity index (χ0n) is 16.1. The number of carbonyl (C=O) groups excluding carboxylic acids is 1. The molecule has 0 radical (unpaired) electrons. The third kappa shape index (κ3) is 3.94. The number of hydrogen-bond donors (Lipinski definition) is 1. The Hall–Kier alpha value is -2.44. The Morgan fingerprint density at radius 3 is 2.87 bits per heavy atom. The van der Waals surface area contributed by atoms with Crippen LogP contribution in [-0.2, 0) is 21.4 Å². The molecular formula is C21H18ClN3O3S2. The maximum atomic E-state index is 13.0. The van der Waals surface area contributed by atoms with E-state index in [-0.39, 0.29) is 10.1 Å². The summed E-state index contributed by atoms with van der Waals surface area (Å²) in [6.07, 6.45) is 0.395. The van der Waals surface area contributed by atoms with Gasteiger partial charge in [0.1, 0.15) is 10.3 Å². The molecule has 2 aromatic carbocycles. The first-order valence-electron chi connectivity index (χ1n) is 9.27. The number of halogens is 1. The van der Waals surface area contributed by atoms with Crippen molar-refractivity contribution < 1.29 is 13.2 Å². The van der Waals surface area contributed by atoms with E-state index in [1.807, 2.05) is 6.07 Å². The smallest absolute Gasteiger partial charge is 0.251 e. The molecule has 2 heterocycles. The van der Waals surface area contributed by atoms with Gasteiger partial charge in [0.05, 0.1) is 11.6 Å². The second kappa shape index (κ2) is 8.00. The Kier molecular flexibility index (Phi) is 5.55. The third-order valence-corrected chi connectivity index (χ3v) is 8.72. The molecule has 1 fully saturated rings. The molecule has 0 aliphatic carbocycles. The summed E-state index contributed by atoms with van der Waals surface area (Å²) in [4.78, 5) is 14.4. The summed E-state index contributed by atoms with van der Waals surface area (Å²) < 4.78 is 29.6. The van der Waals surface area contributed by atoms with E-state index in [4.69, 9.17) is 16.9 Å². The van der Waals surface area contributed by atoms with Crippen LogP contribution in [0.25, 0.3) is 10.1 Å². The SMILES string of the molecule is Cc1c(S(=O)(=O)N[C@H]2CCN(Cc3cccc(C#N)c3)C2=O)sc2ccc(Cl)cc12. The molecule has 1 saturated heterocycles. The molecule has 30 heavy (non-hydrogen) atoms. The highest BCUT2D eigenvalue weighted by atomic mass is 35.5. The molecule has 0 saturated carbocycles. The number of benzene rings is 2. The lowest BCUT2D eigenvalue weighted by Crippen LogP contribution is -2.41. The van der Waals surface area contributed by atoms with Gasteiger partial charge in [-0.2, -0.15) is 9.98 Å². The summed E-state index contributed by atoms with van der Waals surface area (Å²) in [5, 5.41) is 10.4. The zero-order chi connectivity index (χ0) is 21.5. The number of nitrogens with zero attached hydrogens (tertiary/aromatic N) is 2. The van der Waals surface area contributed by atoms with E-state index in [0.717, 1.165) is 15.6 Å². The molecule has 4 rings (SSSR count). The van der Waals surface area contributed by atoms with E-state index in [1.165, 1.54) is 11.3 Å². The highest BCUT2D eigenvalue weighted by Crippen LogP contribution is 2.35. The van der Waals surface area contributed by atoms with Gasteiger partial charge in [0.25, 0.3) is 10.0 Å².